The van der Waals surface area contributed by atoms with Crippen molar-refractivity contribution in [1.82, 2.24) is 9.97 Å². The van der Waals surface area contributed by atoms with E-state index >= 15 is 0 Å². The lowest BCUT2D eigenvalue weighted by atomic mass is 9.96. The second-order valence-corrected chi connectivity index (χ2v) is 4.68. The van der Waals surface area contributed by atoms with Gasteiger partial charge >= 0.3 is 0 Å². The van der Waals surface area contributed by atoms with E-state index in [1.165, 1.54) is 24.1 Å². The predicted octanol–water partition coefficient (Wildman–Crippen LogP) is 2.19. The molecule has 0 saturated heterocycles. The van der Waals surface area contributed by atoms with Gasteiger partial charge in [0.15, 0.2) is 0 Å². The minimum atomic E-state index is 0.385. The topological polar surface area (TPSA) is 47.0 Å². The second-order valence-electron chi connectivity index (χ2n) is 4.68. The third-order valence-corrected chi connectivity index (χ3v) is 3.26. The third-order valence-electron chi connectivity index (χ3n) is 3.26. The first-order chi connectivity index (χ1) is 8.31. The molecular formula is C13H21N3O. The van der Waals surface area contributed by atoms with Crippen LogP contribution in [0.5, 0.6) is 0 Å². The van der Waals surface area contributed by atoms with Gasteiger partial charge in [-0.1, -0.05) is 0 Å². The van der Waals surface area contributed by atoms with Crippen LogP contribution in [-0.2, 0) is 17.6 Å². The zero-order chi connectivity index (χ0) is 12.1. The Bertz CT molecular complexity index is 368. The van der Waals surface area contributed by atoms with Gasteiger partial charge < -0.3 is 10.1 Å². The van der Waals surface area contributed by atoms with Crippen molar-refractivity contribution < 1.29 is 4.74 Å². The molecule has 94 valence electrons. The van der Waals surface area contributed by atoms with Crippen molar-refractivity contribution in [2.75, 3.05) is 19.0 Å². The third kappa shape index (κ3) is 3.16. The number of aromatic nitrogens is 2. The van der Waals surface area contributed by atoms with Crippen molar-refractivity contribution in [2.45, 2.75) is 45.1 Å². The Labute approximate surface area is 103 Å². The molecule has 0 spiro atoms. The molecule has 2 rings (SSSR count). The van der Waals surface area contributed by atoms with E-state index in [0.717, 1.165) is 31.7 Å². The fourth-order valence-corrected chi connectivity index (χ4v) is 2.25. The van der Waals surface area contributed by atoms with Crippen LogP contribution in [0.1, 0.15) is 37.4 Å². The molecule has 1 aliphatic carbocycles. The average Bonchev–Trinajstić information content (AvgIpc) is 2.37. The van der Waals surface area contributed by atoms with E-state index < -0.39 is 0 Å². The summed E-state index contributed by atoms with van der Waals surface area (Å²) in [5.74, 6) is 1.03. The summed E-state index contributed by atoms with van der Waals surface area (Å²) in [5.41, 5.74) is 2.55. The largest absolute Gasteiger partial charge is 0.385 e. The smallest absolute Gasteiger partial charge is 0.133 e. The normalized spacial score (nSPS) is 16.4. The highest BCUT2D eigenvalue weighted by Crippen LogP contribution is 2.24. The number of hydrogen-bond acceptors (Lipinski definition) is 4. The SMILES string of the molecule is COCCC(C)Nc1ncnc2c1CCCC2. The van der Waals surface area contributed by atoms with Crippen molar-refractivity contribution in [3.8, 4) is 0 Å². The first-order valence-corrected chi connectivity index (χ1v) is 6.39. The molecule has 0 aliphatic heterocycles. The lowest BCUT2D eigenvalue weighted by Crippen LogP contribution is -2.21. The van der Waals surface area contributed by atoms with Crippen LogP contribution in [0.15, 0.2) is 6.33 Å². The van der Waals surface area contributed by atoms with E-state index in [9.17, 15) is 0 Å². The highest BCUT2D eigenvalue weighted by molar-refractivity contribution is 5.47. The first kappa shape index (κ1) is 12.3. The predicted molar refractivity (Wildman–Crippen MR) is 68.3 cm³/mol. The molecule has 4 heteroatoms. The molecule has 0 radical (unpaired) electrons. The number of fused-ring (bicyclic) bond motifs is 1. The number of hydrogen-bond donors (Lipinski definition) is 1. The number of nitrogens with one attached hydrogen (secondary N) is 1. The van der Waals surface area contributed by atoms with Gasteiger partial charge in [0.25, 0.3) is 0 Å². The van der Waals surface area contributed by atoms with E-state index in [4.69, 9.17) is 4.74 Å². The number of rotatable bonds is 5. The van der Waals surface area contributed by atoms with Crippen LogP contribution < -0.4 is 5.32 Å². The Morgan fingerprint density at radius 3 is 3.00 bits per heavy atom. The van der Waals surface area contributed by atoms with Crippen molar-refractivity contribution in [1.29, 1.82) is 0 Å². The quantitative estimate of drug-likeness (QED) is 0.850. The summed E-state index contributed by atoms with van der Waals surface area (Å²) in [6.07, 6.45) is 7.38. The van der Waals surface area contributed by atoms with Crippen LogP contribution in [-0.4, -0.2) is 29.7 Å². The zero-order valence-electron chi connectivity index (χ0n) is 10.7. The number of ether oxygens (including phenoxy) is 1. The van der Waals surface area contributed by atoms with E-state index in [1.807, 2.05) is 0 Å². The van der Waals surface area contributed by atoms with E-state index in [1.54, 1.807) is 13.4 Å². The van der Waals surface area contributed by atoms with Crippen molar-refractivity contribution >= 4 is 5.82 Å². The fourth-order valence-electron chi connectivity index (χ4n) is 2.25. The molecule has 0 amide bonds. The number of nitrogens with zero attached hydrogens (tertiary/aromatic N) is 2. The Morgan fingerprint density at radius 1 is 1.35 bits per heavy atom. The monoisotopic (exact) mass is 235 g/mol. The Hall–Kier alpha value is -1.16. The van der Waals surface area contributed by atoms with Crippen LogP contribution >= 0.6 is 0 Å². The fraction of sp³-hybridized carbons (Fsp3) is 0.692. The first-order valence-electron chi connectivity index (χ1n) is 6.39. The zero-order valence-corrected chi connectivity index (χ0v) is 10.7. The van der Waals surface area contributed by atoms with Gasteiger partial charge in [0.05, 0.1) is 0 Å². The van der Waals surface area contributed by atoms with Gasteiger partial charge in [-0.15, -0.1) is 0 Å². The van der Waals surface area contributed by atoms with Gasteiger partial charge in [-0.05, 0) is 39.0 Å². The van der Waals surface area contributed by atoms with Gasteiger partial charge in [0.2, 0.25) is 0 Å². The summed E-state index contributed by atoms with van der Waals surface area (Å²) >= 11 is 0. The molecule has 17 heavy (non-hydrogen) atoms. The number of aryl methyl sites for hydroxylation is 1. The summed E-state index contributed by atoms with van der Waals surface area (Å²) in [4.78, 5) is 8.75. The van der Waals surface area contributed by atoms with E-state index in [0.29, 0.717) is 6.04 Å². The summed E-state index contributed by atoms with van der Waals surface area (Å²) < 4.78 is 5.09. The van der Waals surface area contributed by atoms with Gasteiger partial charge in [0, 0.05) is 31.0 Å². The Kier molecular flexibility index (Phi) is 4.31. The molecule has 4 nitrogen and oxygen atoms in total. The lowest BCUT2D eigenvalue weighted by Gasteiger charge is -2.20. The molecule has 0 aromatic carbocycles. The van der Waals surface area contributed by atoms with Gasteiger partial charge in [-0.25, -0.2) is 9.97 Å². The highest BCUT2D eigenvalue weighted by Gasteiger charge is 2.16. The van der Waals surface area contributed by atoms with E-state index in [2.05, 4.69) is 22.2 Å². The van der Waals surface area contributed by atoms with Crippen LogP contribution in [0, 0.1) is 0 Å². The minimum Gasteiger partial charge on any atom is -0.385 e. The summed E-state index contributed by atoms with van der Waals surface area (Å²) in [7, 11) is 1.74. The van der Waals surface area contributed by atoms with Gasteiger partial charge in [-0.3, -0.25) is 0 Å². The average molecular weight is 235 g/mol. The van der Waals surface area contributed by atoms with Crippen LogP contribution in [0.4, 0.5) is 5.82 Å². The minimum absolute atomic E-state index is 0.385. The molecule has 0 saturated carbocycles. The summed E-state index contributed by atoms with van der Waals surface area (Å²) in [6.45, 7) is 2.94. The molecule has 0 bridgehead atoms. The highest BCUT2D eigenvalue weighted by atomic mass is 16.5. The standard InChI is InChI=1S/C13H21N3O/c1-10(7-8-17-2)16-13-11-5-3-4-6-12(11)14-9-15-13/h9-10H,3-8H2,1-2H3,(H,14,15,16). The molecule has 1 N–H and O–H groups in total. The van der Waals surface area contributed by atoms with Gasteiger partial charge in [0.1, 0.15) is 12.1 Å². The maximum absolute atomic E-state index is 5.09. The molecule has 1 aromatic rings. The molecular weight excluding hydrogens is 214 g/mol. The van der Waals surface area contributed by atoms with Gasteiger partial charge in [-0.2, -0.15) is 0 Å². The van der Waals surface area contributed by atoms with Crippen LogP contribution in [0.25, 0.3) is 0 Å². The number of methoxy groups -OCH3 is 1. The van der Waals surface area contributed by atoms with Crippen LogP contribution in [0.3, 0.4) is 0 Å². The summed E-state index contributed by atoms with van der Waals surface area (Å²) in [5, 5.41) is 3.47. The Morgan fingerprint density at radius 2 is 2.18 bits per heavy atom. The van der Waals surface area contributed by atoms with Crippen molar-refractivity contribution in [3.63, 3.8) is 0 Å². The Balaban J connectivity index is 2.05. The number of anilines is 1. The van der Waals surface area contributed by atoms with Crippen LogP contribution in [0.2, 0.25) is 0 Å². The van der Waals surface area contributed by atoms with E-state index in [-0.39, 0.29) is 0 Å². The molecule has 1 atom stereocenters. The maximum Gasteiger partial charge on any atom is 0.133 e. The van der Waals surface area contributed by atoms with Crippen molar-refractivity contribution in [2.24, 2.45) is 0 Å². The molecule has 1 aromatic heterocycles. The summed E-state index contributed by atoms with van der Waals surface area (Å²) in [6, 6.07) is 0.385. The molecule has 1 aliphatic rings. The maximum atomic E-state index is 5.09. The molecule has 0 fully saturated rings. The molecule has 1 unspecified atom stereocenters. The van der Waals surface area contributed by atoms with Crippen molar-refractivity contribution in [3.05, 3.63) is 17.6 Å². The lowest BCUT2D eigenvalue weighted by molar-refractivity contribution is 0.191. The molecule has 1 heterocycles. The second kappa shape index (κ2) is 5.96.